The van der Waals surface area contributed by atoms with Gasteiger partial charge < -0.3 is 0 Å². The molecule has 0 aliphatic carbocycles. The second-order valence-corrected chi connectivity index (χ2v) is 4.39. The van der Waals surface area contributed by atoms with Crippen LogP contribution < -0.4 is 0 Å². The molecule has 0 atom stereocenters. The van der Waals surface area contributed by atoms with Crippen LogP contribution in [-0.2, 0) is 0 Å². The van der Waals surface area contributed by atoms with Gasteiger partial charge in [0, 0.05) is 15.4 Å². The van der Waals surface area contributed by atoms with Crippen LogP contribution in [0.3, 0.4) is 0 Å². The van der Waals surface area contributed by atoms with E-state index < -0.39 is 0 Å². The third-order valence-corrected chi connectivity index (χ3v) is 3.38. The summed E-state index contributed by atoms with van der Waals surface area (Å²) in [7, 11) is 0. The van der Waals surface area contributed by atoms with Crippen LogP contribution in [0, 0.1) is 11.3 Å². The van der Waals surface area contributed by atoms with Gasteiger partial charge in [-0.25, -0.2) is 0 Å². The summed E-state index contributed by atoms with van der Waals surface area (Å²) >= 11 is 5.03. The molecule has 0 radical (unpaired) electrons. The third kappa shape index (κ3) is 1.59. The Kier molecular flexibility index (Phi) is 2.67. The molecule has 14 heavy (non-hydrogen) atoms. The lowest BCUT2D eigenvalue weighted by Gasteiger charge is -2.01. The second kappa shape index (κ2) is 3.95. The van der Waals surface area contributed by atoms with Crippen molar-refractivity contribution in [3.63, 3.8) is 0 Å². The Morgan fingerprint density at radius 3 is 2.64 bits per heavy atom. The summed E-state index contributed by atoms with van der Waals surface area (Å²) in [6.45, 7) is 0. The van der Waals surface area contributed by atoms with E-state index in [-0.39, 0.29) is 0 Å². The minimum Gasteiger partial charge on any atom is -0.192 e. The molecule has 0 spiro atoms. The van der Waals surface area contributed by atoms with Crippen molar-refractivity contribution >= 4 is 27.3 Å². The summed E-state index contributed by atoms with van der Waals surface area (Å²) in [4.78, 5) is 0. The highest BCUT2D eigenvalue weighted by atomic mass is 79.9. The topological polar surface area (TPSA) is 23.8 Å². The van der Waals surface area contributed by atoms with E-state index in [9.17, 15) is 0 Å². The average molecular weight is 264 g/mol. The molecule has 0 aliphatic rings. The molecule has 1 nitrogen and oxygen atoms in total. The summed E-state index contributed by atoms with van der Waals surface area (Å²) in [5.74, 6) is 0. The standard InChI is InChI=1S/C11H6BrNS/c12-11-4-2-1-3-9(11)10-7-14-6-8(10)5-13/h1-4,6-7H. The van der Waals surface area contributed by atoms with Crippen molar-refractivity contribution in [2.24, 2.45) is 0 Å². The van der Waals surface area contributed by atoms with Crippen molar-refractivity contribution in [3.05, 3.63) is 45.1 Å². The van der Waals surface area contributed by atoms with Crippen molar-refractivity contribution in [1.29, 1.82) is 5.26 Å². The highest BCUT2D eigenvalue weighted by Gasteiger charge is 2.07. The number of benzene rings is 1. The molecule has 2 rings (SSSR count). The van der Waals surface area contributed by atoms with Gasteiger partial charge in [-0.15, -0.1) is 0 Å². The van der Waals surface area contributed by atoms with Gasteiger partial charge in [0.15, 0.2) is 0 Å². The number of thiophene rings is 1. The molecule has 0 aliphatic heterocycles. The Labute approximate surface area is 94.8 Å². The molecule has 2 aromatic rings. The fraction of sp³-hybridized carbons (Fsp3) is 0. The molecule has 0 saturated carbocycles. The Balaban J connectivity index is 2.62. The first kappa shape index (κ1) is 9.45. The quantitative estimate of drug-likeness (QED) is 0.762. The van der Waals surface area contributed by atoms with Crippen LogP contribution in [-0.4, -0.2) is 0 Å². The zero-order chi connectivity index (χ0) is 9.97. The number of rotatable bonds is 1. The van der Waals surface area contributed by atoms with Crippen LogP contribution in [0.2, 0.25) is 0 Å². The lowest BCUT2D eigenvalue weighted by atomic mass is 10.1. The number of halogens is 1. The number of hydrogen-bond acceptors (Lipinski definition) is 2. The van der Waals surface area contributed by atoms with E-state index in [2.05, 4.69) is 22.0 Å². The van der Waals surface area contributed by atoms with E-state index in [0.717, 1.165) is 21.2 Å². The number of hydrogen-bond donors (Lipinski definition) is 0. The maximum absolute atomic E-state index is 8.90. The molecule has 0 N–H and O–H groups in total. The van der Waals surface area contributed by atoms with Crippen molar-refractivity contribution in [2.45, 2.75) is 0 Å². The fourth-order valence-corrected chi connectivity index (χ4v) is 2.54. The average Bonchev–Trinajstić information content (AvgIpc) is 2.66. The van der Waals surface area contributed by atoms with Gasteiger partial charge in [-0.05, 0) is 17.0 Å². The normalized spacial score (nSPS) is 9.71. The fourth-order valence-electron chi connectivity index (χ4n) is 1.27. The first-order valence-corrected chi connectivity index (χ1v) is 5.77. The predicted molar refractivity (Wildman–Crippen MR) is 62.2 cm³/mol. The maximum atomic E-state index is 8.90. The molecule has 0 saturated heterocycles. The van der Waals surface area contributed by atoms with Crippen molar-refractivity contribution in [3.8, 4) is 17.2 Å². The molecular formula is C11H6BrNS. The molecular weight excluding hydrogens is 258 g/mol. The minimum atomic E-state index is 0.738. The summed E-state index contributed by atoms with van der Waals surface area (Å²) in [6.07, 6.45) is 0. The zero-order valence-electron chi connectivity index (χ0n) is 7.20. The van der Waals surface area contributed by atoms with E-state index in [1.165, 1.54) is 0 Å². The molecule has 1 aromatic carbocycles. The Bertz CT molecular complexity index is 496. The first-order valence-electron chi connectivity index (χ1n) is 4.04. The summed E-state index contributed by atoms with van der Waals surface area (Å²) in [6, 6.07) is 10.1. The molecule has 0 amide bonds. The maximum Gasteiger partial charge on any atom is 0.101 e. The van der Waals surface area contributed by atoms with Crippen LogP contribution in [0.1, 0.15) is 5.56 Å². The molecule has 68 valence electrons. The van der Waals surface area contributed by atoms with Crippen LogP contribution in [0.25, 0.3) is 11.1 Å². The van der Waals surface area contributed by atoms with Gasteiger partial charge in [0.1, 0.15) is 6.07 Å². The van der Waals surface area contributed by atoms with Gasteiger partial charge in [0.25, 0.3) is 0 Å². The summed E-state index contributed by atoms with van der Waals surface area (Å²) in [5.41, 5.74) is 2.82. The van der Waals surface area contributed by atoms with Gasteiger partial charge >= 0.3 is 0 Å². The summed E-state index contributed by atoms with van der Waals surface area (Å²) in [5, 5.41) is 12.8. The van der Waals surface area contributed by atoms with Crippen molar-refractivity contribution in [2.75, 3.05) is 0 Å². The smallest absolute Gasteiger partial charge is 0.101 e. The monoisotopic (exact) mass is 263 g/mol. The van der Waals surface area contributed by atoms with Gasteiger partial charge in [0.2, 0.25) is 0 Å². The molecule has 0 fully saturated rings. The van der Waals surface area contributed by atoms with Crippen LogP contribution in [0.15, 0.2) is 39.5 Å². The van der Waals surface area contributed by atoms with Crippen molar-refractivity contribution in [1.82, 2.24) is 0 Å². The predicted octanol–water partition coefficient (Wildman–Crippen LogP) is 4.05. The zero-order valence-corrected chi connectivity index (χ0v) is 9.60. The Morgan fingerprint density at radius 1 is 1.14 bits per heavy atom. The molecule has 1 heterocycles. The highest BCUT2D eigenvalue weighted by molar-refractivity contribution is 9.10. The van der Waals surface area contributed by atoms with E-state index in [1.54, 1.807) is 11.3 Å². The van der Waals surface area contributed by atoms with Gasteiger partial charge in [-0.1, -0.05) is 34.1 Å². The largest absolute Gasteiger partial charge is 0.192 e. The van der Waals surface area contributed by atoms with E-state index in [0.29, 0.717) is 0 Å². The SMILES string of the molecule is N#Cc1cscc1-c1ccccc1Br. The molecule has 0 unspecified atom stereocenters. The second-order valence-electron chi connectivity index (χ2n) is 2.79. The third-order valence-electron chi connectivity index (χ3n) is 1.95. The van der Waals surface area contributed by atoms with Gasteiger partial charge in [-0.3, -0.25) is 0 Å². The van der Waals surface area contributed by atoms with Gasteiger partial charge in [-0.2, -0.15) is 16.6 Å². The van der Waals surface area contributed by atoms with Crippen LogP contribution in [0.5, 0.6) is 0 Å². The lowest BCUT2D eigenvalue weighted by Crippen LogP contribution is -1.79. The summed E-state index contributed by atoms with van der Waals surface area (Å²) < 4.78 is 1.02. The first-order chi connectivity index (χ1) is 6.83. The highest BCUT2D eigenvalue weighted by Crippen LogP contribution is 2.32. The lowest BCUT2D eigenvalue weighted by molar-refractivity contribution is 1.50. The van der Waals surface area contributed by atoms with Gasteiger partial charge in [0.05, 0.1) is 5.56 Å². The molecule has 0 bridgehead atoms. The molecule has 3 heteroatoms. The number of nitriles is 1. The van der Waals surface area contributed by atoms with Crippen LogP contribution >= 0.6 is 27.3 Å². The van der Waals surface area contributed by atoms with Crippen LogP contribution in [0.4, 0.5) is 0 Å². The van der Waals surface area contributed by atoms with Crippen molar-refractivity contribution < 1.29 is 0 Å². The van der Waals surface area contributed by atoms with E-state index >= 15 is 0 Å². The molecule has 1 aromatic heterocycles. The Morgan fingerprint density at radius 2 is 1.93 bits per heavy atom. The van der Waals surface area contributed by atoms with E-state index in [4.69, 9.17) is 5.26 Å². The Hall–Kier alpha value is -1.11. The number of nitrogens with zero attached hydrogens (tertiary/aromatic N) is 1. The minimum absolute atomic E-state index is 0.738. The van der Waals surface area contributed by atoms with E-state index in [1.807, 2.05) is 35.0 Å².